The van der Waals surface area contributed by atoms with Gasteiger partial charge in [-0.05, 0) is 48.2 Å². The Kier molecular flexibility index (Phi) is 5.73. The third-order valence-corrected chi connectivity index (χ3v) is 3.78. The number of aryl methyl sites for hydroxylation is 1. The summed E-state index contributed by atoms with van der Waals surface area (Å²) in [6.07, 6.45) is 3.13. The molecule has 1 unspecified atom stereocenters. The molecule has 3 nitrogen and oxygen atoms in total. The van der Waals surface area contributed by atoms with Crippen molar-refractivity contribution in [2.45, 2.75) is 19.3 Å². The number of benzene rings is 2. The van der Waals surface area contributed by atoms with Gasteiger partial charge in [0.2, 0.25) is 6.29 Å². The van der Waals surface area contributed by atoms with Crippen molar-refractivity contribution in [1.82, 2.24) is 0 Å². The maximum absolute atomic E-state index is 12.2. The number of rotatable bonds is 7. The van der Waals surface area contributed by atoms with Gasteiger partial charge in [0, 0.05) is 17.1 Å². The molecule has 0 bridgehead atoms. The number of ketones is 1. The lowest BCUT2D eigenvalue weighted by Crippen LogP contribution is -2.19. The second-order valence-corrected chi connectivity index (χ2v) is 5.65. The third kappa shape index (κ3) is 4.71. The van der Waals surface area contributed by atoms with Crippen molar-refractivity contribution >= 4 is 29.4 Å². The van der Waals surface area contributed by atoms with Gasteiger partial charge in [-0.3, -0.25) is 9.59 Å². The summed E-state index contributed by atoms with van der Waals surface area (Å²) in [5.74, 6) is -0.822. The van der Waals surface area contributed by atoms with E-state index in [2.05, 4.69) is 0 Å². The van der Waals surface area contributed by atoms with Crippen LogP contribution < -0.4 is 5.73 Å². The average molecular weight is 315 g/mol. The first-order chi connectivity index (χ1) is 10.6. The zero-order chi connectivity index (χ0) is 15.9. The second-order valence-electron chi connectivity index (χ2n) is 5.21. The molecule has 0 spiro atoms. The highest BCUT2D eigenvalue weighted by atomic mass is 35.5. The van der Waals surface area contributed by atoms with E-state index >= 15 is 0 Å². The van der Waals surface area contributed by atoms with Crippen LogP contribution in [0.2, 0.25) is 5.02 Å². The number of carbonyl (C=O) groups excluding carboxylic acids is 2. The van der Waals surface area contributed by atoms with Crippen LogP contribution in [0.15, 0.2) is 48.5 Å². The monoisotopic (exact) mass is 314 g/mol. The number of nitrogen functional groups attached to an aromatic ring is 1. The smallest absolute Gasteiger partial charge is 0.209 e. The summed E-state index contributed by atoms with van der Waals surface area (Å²) >= 11 is 5.82. The highest BCUT2D eigenvalue weighted by molar-refractivity contribution is 6.30. The minimum atomic E-state index is -0.726. The van der Waals surface area contributed by atoms with Gasteiger partial charge in [0.1, 0.15) is 5.78 Å². The van der Waals surface area contributed by atoms with Crippen LogP contribution in [0.4, 0.5) is 5.69 Å². The lowest BCUT2D eigenvalue weighted by Gasteiger charge is -2.09. The van der Waals surface area contributed by atoms with Crippen molar-refractivity contribution in [3.63, 3.8) is 0 Å². The van der Waals surface area contributed by atoms with Crippen LogP contribution in [-0.4, -0.2) is 12.1 Å². The van der Waals surface area contributed by atoms with E-state index in [1.54, 1.807) is 24.3 Å². The zero-order valence-corrected chi connectivity index (χ0v) is 12.8. The van der Waals surface area contributed by atoms with Crippen LogP contribution in [0.1, 0.15) is 17.5 Å². The van der Waals surface area contributed by atoms with Gasteiger partial charge in [0.25, 0.3) is 0 Å². The summed E-state index contributed by atoms with van der Waals surface area (Å²) in [6, 6.07) is 14.5. The highest BCUT2D eigenvalue weighted by Gasteiger charge is 2.18. The molecule has 0 amide bonds. The number of hydrogen-bond donors (Lipinski definition) is 1. The number of nitrogens with two attached hydrogens (primary N) is 1. The van der Waals surface area contributed by atoms with E-state index in [-0.39, 0.29) is 5.78 Å². The fraction of sp³-hybridized carbons (Fsp3) is 0.222. The quantitative estimate of drug-likeness (QED) is 0.629. The van der Waals surface area contributed by atoms with Gasteiger partial charge in [-0.2, -0.15) is 0 Å². The molecule has 0 aliphatic rings. The number of hydrogen-bond acceptors (Lipinski definition) is 3. The van der Waals surface area contributed by atoms with Crippen LogP contribution in [0.3, 0.4) is 0 Å². The Hall–Kier alpha value is -2.13. The molecule has 22 heavy (non-hydrogen) atoms. The molecule has 0 fully saturated rings. The average Bonchev–Trinajstić information content (AvgIpc) is 2.53. The summed E-state index contributed by atoms with van der Waals surface area (Å²) in [7, 11) is 0. The van der Waals surface area contributed by atoms with Crippen molar-refractivity contribution in [1.29, 1.82) is 0 Å². The molecule has 4 heteroatoms. The van der Waals surface area contributed by atoms with Gasteiger partial charge in [-0.15, -0.1) is 0 Å². The predicted octanol–water partition coefficient (Wildman–Crippen LogP) is 3.39. The fourth-order valence-electron chi connectivity index (χ4n) is 2.20. The molecule has 0 aliphatic carbocycles. The molecular weight excluding hydrogens is 298 g/mol. The lowest BCUT2D eigenvalue weighted by molar-refractivity contribution is -0.120. The first kappa shape index (κ1) is 16.2. The molecule has 1 atom stereocenters. The van der Waals surface area contributed by atoms with Crippen molar-refractivity contribution < 1.29 is 9.59 Å². The summed E-state index contributed by atoms with van der Waals surface area (Å²) in [5.41, 5.74) is 8.20. The van der Waals surface area contributed by atoms with Crippen LogP contribution in [0, 0.1) is 5.92 Å². The van der Waals surface area contributed by atoms with Crippen LogP contribution in [0.25, 0.3) is 0 Å². The minimum Gasteiger partial charge on any atom is -0.399 e. The van der Waals surface area contributed by atoms with Gasteiger partial charge in [-0.25, -0.2) is 0 Å². The van der Waals surface area contributed by atoms with Gasteiger partial charge >= 0.3 is 0 Å². The first-order valence-electron chi connectivity index (χ1n) is 7.07. The van der Waals surface area contributed by atoms with Gasteiger partial charge < -0.3 is 5.73 Å². The van der Waals surface area contributed by atoms with Crippen molar-refractivity contribution in [3.8, 4) is 0 Å². The van der Waals surface area contributed by atoms with Crippen molar-refractivity contribution in [3.05, 3.63) is 64.7 Å². The van der Waals surface area contributed by atoms with Crippen LogP contribution >= 0.6 is 11.6 Å². The Morgan fingerprint density at radius 3 is 2.23 bits per heavy atom. The molecule has 0 saturated carbocycles. The Morgan fingerprint density at radius 1 is 1.05 bits per heavy atom. The summed E-state index contributed by atoms with van der Waals surface area (Å²) < 4.78 is 0. The first-order valence-corrected chi connectivity index (χ1v) is 7.45. The minimum absolute atomic E-state index is 0.0956. The van der Waals surface area contributed by atoms with E-state index in [1.165, 1.54) is 0 Å². The van der Waals surface area contributed by atoms with E-state index < -0.39 is 5.92 Å². The Labute approximate surface area is 135 Å². The van der Waals surface area contributed by atoms with Crippen molar-refractivity contribution in [2.24, 2.45) is 5.92 Å². The molecule has 0 aliphatic heterocycles. The second kappa shape index (κ2) is 7.76. The Bertz CT molecular complexity index is 635. The van der Waals surface area contributed by atoms with Crippen LogP contribution in [0.5, 0.6) is 0 Å². The number of halogens is 1. The summed E-state index contributed by atoms with van der Waals surface area (Å²) in [4.78, 5) is 23.3. The maximum atomic E-state index is 12.2. The van der Waals surface area contributed by atoms with E-state index in [0.717, 1.165) is 11.1 Å². The molecule has 2 aromatic carbocycles. The topological polar surface area (TPSA) is 60.2 Å². The number of carbonyl (C=O) groups is 1. The van der Waals surface area contributed by atoms with Gasteiger partial charge in [-0.1, -0.05) is 35.9 Å². The van der Waals surface area contributed by atoms with E-state index in [0.29, 0.717) is 30.0 Å². The normalized spacial score (nSPS) is 11.9. The highest BCUT2D eigenvalue weighted by Crippen LogP contribution is 2.15. The molecule has 2 aromatic rings. The predicted molar refractivity (Wildman–Crippen MR) is 88.5 cm³/mol. The molecule has 0 aromatic heterocycles. The van der Waals surface area contributed by atoms with E-state index in [4.69, 9.17) is 17.3 Å². The maximum Gasteiger partial charge on any atom is 0.209 e. The molecule has 113 valence electrons. The molecule has 2 rings (SSSR count). The van der Waals surface area contributed by atoms with Gasteiger partial charge in [0.05, 0.1) is 5.92 Å². The SMILES string of the molecule is Nc1ccc(CC([C]=O)C(=O)CCc2ccc(Cl)cc2)cc1. The zero-order valence-electron chi connectivity index (χ0n) is 12.1. The van der Waals surface area contributed by atoms with E-state index in [9.17, 15) is 9.59 Å². The van der Waals surface area contributed by atoms with Crippen molar-refractivity contribution in [2.75, 3.05) is 5.73 Å². The molecular formula is C18H17ClNO2. The van der Waals surface area contributed by atoms with E-state index in [1.807, 2.05) is 30.6 Å². The number of Topliss-reactive ketones (excluding diaryl/α,β-unsaturated/α-hetero) is 1. The molecule has 0 heterocycles. The molecule has 2 N–H and O–H groups in total. The van der Waals surface area contributed by atoms with Crippen LogP contribution in [-0.2, 0) is 22.4 Å². The fourth-order valence-corrected chi connectivity index (χ4v) is 2.33. The Balaban J connectivity index is 1.92. The molecule has 0 saturated heterocycles. The standard InChI is InChI=1S/C18H17ClNO2/c19-16-6-1-13(2-7-16)5-10-18(22)15(12-21)11-14-3-8-17(20)9-4-14/h1-4,6-9,15H,5,10-11,20H2. The summed E-state index contributed by atoms with van der Waals surface area (Å²) in [6.45, 7) is 0. The third-order valence-electron chi connectivity index (χ3n) is 3.52. The lowest BCUT2D eigenvalue weighted by atomic mass is 9.93. The summed E-state index contributed by atoms with van der Waals surface area (Å²) in [5, 5.41) is 0.664. The molecule has 1 radical (unpaired) electrons. The van der Waals surface area contributed by atoms with Gasteiger partial charge in [0.15, 0.2) is 0 Å². The Morgan fingerprint density at radius 2 is 1.64 bits per heavy atom. The largest absolute Gasteiger partial charge is 0.399 e. The number of anilines is 1.